The molecule has 7 heteroatoms. The second-order valence-electron chi connectivity index (χ2n) is 9.04. The van der Waals surface area contributed by atoms with Gasteiger partial charge in [-0.2, -0.15) is 0 Å². The lowest BCUT2D eigenvalue weighted by Gasteiger charge is -2.31. The van der Waals surface area contributed by atoms with E-state index in [0.717, 1.165) is 73.8 Å². The van der Waals surface area contributed by atoms with Gasteiger partial charge in [0, 0.05) is 29.8 Å². The summed E-state index contributed by atoms with van der Waals surface area (Å²) in [5, 5.41) is 11.2. The molecule has 1 aromatic heterocycles. The van der Waals surface area contributed by atoms with Gasteiger partial charge in [-0.3, -0.25) is 4.90 Å². The molecule has 5 rings (SSSR count). The summed E-state index contributed by atoms with van der Waals surface area (Å²) >= 11 is 7.97. The molecule has 2 aliphatic heterocycles. The van der Waals surface area contributed by atoms with E-state index < -0.39 is 0 Å². The number of hydrogen-bond donors (Lipinski definition) is 0. The summed E-state index contributed by atoms with van der Waals surface area (Å²) in [5.74, 6) is 2.52. The maximum atomic E-state index is 6.17. The normalized spacial score (nSPS) is 19.8. The van der Waals surface area contributed by atoms with Crippen LogP contribution in [0.5, 0.6) is 0 Å². The van der Waals surface area contributed by atoms with Crippen molar-refractivity contribution in [1.29, 1.82) is 0 Å². The van der Waals surface area contributed by atoms with Crippen LogP contribution in [0.25, 0.3) is 0 Å². The van der Waals surface area contributed by atoms with Gasteiger partial charge in [0.25, 0.3) is 0 Å². The average molecular weight is 483 g/mol. The molecule has 0 radical (unpaired) electrons. The van der Waals surface area contributed by atoms with E-state index in [-0.39, 0.29) is 0 Å². The number of benzene rings is 2. The third-order valence-corrected chi connectivity index (χ3v) is 7.93. The standard InChI is InChI=1S/C26H31ClN4OS/c27-23-9-4-8-21(16-23)17-30-13-11-22(12-14-30)25-28-29-26(33-19-24-10-5-15-32-24)31(25)18-20-6-2-1-3-7-20/h1-4,6-9,16,22,24H,5,10-15,17-19H2/t24-/m0/s1. The number of rotatable bonds is 8. The summed E-state index contributed by atoms with van der Waals surface area (Å²) < 4.78 is 8.19. The molecule has 0 N–H and O–H groups in total. The maximum Gasteiger partial charge on any atom is 0.191 e. The first-order chi connectivity index (χ1) is 16.2. The summed E-state index contributed by atoms with van der Waals surface area (Å²) in [6.45, 7) is 4.79. The summed E-state index contributed by atoms with van der Waals surface area (Å²) in [5.41, 5.74) is 2.57. The Bertz CT molecular complexity index is 1030. The van der Waals surface area contributed by atoms with Gasteiger partial charge in [0.05, 0.1) is 12.6 Å². The van der Waals surface area contributed by atoms with E-state index in [1.165, 1.54) is 17.5 Å². The zero-order valence-electron chi connectivity index (χ0n) is 18.9. The van der Waals surface area contributed by atoms with Gasteiger partial charge in [-0.15, -0.1) is 10.2 Å². The molecule has 0 amide bonds. The van der Waals surface area contributed by atoms with Crippen molar-refractivity contribution in [2.45, 2.75) is 56.0 Å². The molecule has 2 aliphatic rings. The minimum atomic E-state index is 0.343. The van der Waals surface area contributed by atoms with Gasteiger partial charge in [0.2, 0.25) is 0 Å². The van der Waals surface area contributed by atoms with Crippen LogP contribution in [0.2, 0.25) is 5.02 Å². The third kappa shape index (κ3) is 5.99. The van der Waals surface area contributed by atoms with Crippen LogP contribution in [0.15, 0.2) is 59.8 Å². The van der Waals surface area contributed by atoms with Crippen molar-refractivity contribution in [3.63, 3.8) is 0 Å². The highest BCUT2D eigenvalue weighted by Crippen LogP contribution is 2.31. The summed E-state index contributed by atoms with van der Waals surface area (Å²) in [6, 6.07) is 18.8. The molecule has 3 aromatic rings. The van der Waals surface area contributed by atoms with Crippen LogP contribution < -0.4 is 0 Å². The number of nitrogens with zero attached hydrogens (tertiary/aromatic N) is 4. The van der Waals surface area contributed by atoms with E-state index in [1.807, 2.05) is 12.1 Å². The fourth-order valence-corrected chi connectivity index (χ4v) is 6.03. The van der Waals surface area contributed by atoms with Crippen molar-refractivity contribution in [2.75, 3.05) is 25.4 Å². The van der Waals surface area contributed by atoms with Crippen molar-refractivity contribution < 1.29 is 4.74 Å². The first kappa shape index (κ1) is 22.9. The quantitative estimate of drug-likeness (QED) is 0.389. The molecule has 33 heavy (non-hydrogen) atoms. The van der Waals surface area contributed by atoms with Crippen molar-refractivity contribution in [3.8, 4) is 0 Å². The highest BCUT2D eigenvalue weighted by atomic mass is 35.5. The van der Waals surface area contributed by atoms with Gasteiger partial charge < -0.3 is 9.30 Å². The lowest BCUT2D eigenvalue weighted by molar-refractivity contribution is 0.129. The zero-order valence-corrected chi connectivity index (χ0v) is 20.5. The largest absolute Gasteiger partial charge is 0.377 e. The number of halogens is 1. The molecule has 0 bridgehead atoms. The number of likely N-dealkylation sites (tertiary alicyclic amines) is 1. The molecule has 0 spiro atoms. The molecular formula is C26H31ClN4OS. The predicted octanol–water partition coefficient (Wildman–Crippen LogP) is 5.63. The van der Waals surface area contributed by atoms with Crippen molar-refractivity contribution in [3.05, 3.63) is 76.6 Å². The second-order valence-corrected chi connectivity index (χ2v) is 10.5. The summed E-state index contributed by atoms with van der Waals surface area (Å²) in [6.07, 6.45) is 4.86. The molecule has 2 aromatic carbocycles. The van der Waals surface area contributed by atoms with Gasteiger partial charge in [0.15, 0.2) is 5.16 Å². The Morgan fingerprint density at radius 3 is 2.52 bits per heavy atom. The minimum Gasteiger partial charge on any atom is -0.377 e. The zero-order chi connectivity index (χ0) is 22.5. The van der Waals surface area contributed by atoms with E-state index >= 15 is 0 Å². The number of hydrogen-bond acceptors (Lipinski definition) is 5. The molecule has 0 saturated carbocycles. The fourth-order valence-electron chi connectivity index (χ4n) is 4.81. The van der Waals surface area contributed by atoms with E-state index in [9.17, 15) is 0 Å². The van der Waals surface area contributed by atoms with Crippen LogP contribution in [0, 0.1) is 0 Å². The Hall–Kier alpha value is -1.86. The van der Waals surface area contributed by atoms with Gasteiger partial charge in [-0.05, 0) is 62.0 Å². The monoisotopic (exact) mass is 482 g/mol. The summed E-state index contributed by atoms with van der Waals surface area (Å²) in [7, 11) is 0. The number of ether oxygens (including phenoxy) is 1. The average Bonchev–Trinajstić information content (AvgIpc) is 3.49. The highest BCUT2D eigenvalue weighted by Gasteiger charge is 2.27. The van der Waals surface area contributed by atoms with Gasteiger partial charge in [-0.1, -0.05) is 65.8 Å². The number of piperidine rings is 1. The molecule has 2 saturated heterocycles. The summed E-state index contributed by atoms with van der Waals surface area (Å²) in [4.78, 5) is 2.52. The van der Waals surface area contributed by atoms with Crippen molar-refractivity contribution in [1.82, 2.24) is 19.7 Å². The Kier molecular flexibility index (Phi) is 7.67. The highest BCUT2D eigenvalue weighted by molar-refractivity contribution is 7.99. The lowest BCUT2D eigenvalue weighted by Crippen LogP contribution is -2.33. The van der Waals surface area contributed by atoms with E-state index in [4.69, 9.17) is 21.4 Å². The van der Waals surface area contributed by atoms with Crippen LogP contribution in [0.1, 0.15) is 48.6 Å². The van der Waals surface area contributed by atoms with Gasteiger partial charge in [-0.25, -0.2) is 0 Å². The van der Waals surface area contributed by atoms with E-state index in [1.54, 1.807) is 11.8 Å². The van der Waals surface area contributed by atoms with Gasteiger partial charge in [0.1, 0.15) is 5.82 Å². The smallest absolute Gasteiger partial charge is 0.191 e. The van der Waals surface area contributed by atoms with Crippen molar-refractivity contribution >= 4 is 23.4 Å². The Labute approximate surface area is 205 Å². The van der Waals surface area contributed by atoms with Crippen molar-refractivity contribution in [2.24, 2.45) is 0 Å². The molecule has 174 valence electrons. The first-order valence-electron chi connectivity index (χ1n) is 11.9. The number of aromatic nitrogens is 3. The molecule has 5 nitrogen and oxygen atoms in total. The Morgan fingerprint density at radius 1 is 0.939 bits per heavy atom. The molecule has 2 fully saturated rings. The van der Waals surface area contributed by atoms with Crippen LogP contribution >= 0.6 is 23.4 Å². The van der Waals surface area contributed by atoms with Gasteiger partial charge >= 0.3 is 0 Å². The SMILES string of the molecule is Clc1cccc(CN2CCC(c3nnc(SC[C@@H]4CCCO4)n3Cc3ccccc3)CC2)c1. The Morgan fingerprint density at radius 2 is 1.76 bits per heavy atom. The molecule has 3 heterocycles. The molecule has 1 atom stereocenters. The second kappa shape index (κ2) is 11.0. The van der Waals surface area contributed by atoms with Crippen LogP contribution in [-0.2, 0) is 17.8 Å². The minimum absolute atomic E-state index is 0.343. The molecule has 0 unspecified atom stereocenters. The topological polar surface area (TPSA) is 43.2 Å². The van der Waals surface area contributed by atoms with Crippen LogP contribution in [-0.4, -0.2) is 51.2 Å². The first-order valence-corrected chi connectivity index (χ1v) is 13.3. The molecular weight excluding hydrogens is 452 g/mol. The fraction of sp³-hybridized carbons (Fsp3) is 0.462. The number of thioether (sulfide) groups is 1. The third-order valence-electron chi connectivity index (χ3n) is 6.60. The van der Waals surface area contributed by atoms with Crippen LogP contribution in [0.4, 0.5) is 0 Å². The Balaban J connectivity index is 1.27. The van der Waals surface area contributed by atoms with E-state index in [2.05, 4.69) is 57.0 Å². The maximum absolute atomic E-state index is 6.17. The predicted molar refractivity (Wildman–Crippen MR) is 134 cm³/mol. The van der Waals surface area contributed by atoms with E-state index in [0.29, 0.717) is 12.0 Å². The molecule has 0 aliphatic carbocycles. The lowest BCUT2D eigenvalue weighted by atomic mass is 9.95. The van der Waals surface area contributed by atoms with Crippen LogP contribution in [0.3, 0.4) is 0 Å².